The van der Waals surface area contributed by atoms with Crippen LogP contribution in [0.1, 0.15) is 41.3 Å². The van der Waals surface area contributed by atoms with Crippen molar-refractivity contribution in [3.05, 3.63) is 53.9 Å². The van der Waals surface area contributed by atoms with Crippen LogP contribution in [0, 0.1) is 0 Å². The number of fused-ring (bicyclic) bond motifs is 1. The lowest BCUT2D eigenvalue weighted by molar-refractivity contribution is -0.0427. The van der Waals surface area contributed by atoms with Crippen molar-refractivity contribution < 1.29 is 19.7 Å². The molecule has 1 saturated carbocycles. The minimum absolute atomic E-state index is 0.218. The molecule has 0 bridgehead atoms. The van der Waals surface area contributed by atoms with E-state index in [-0.39, 0.29) is 18.3 Å². The number of hydrogen-bond donors (Lipinski definition) is 2. The van der Waals surface area contributed by atoms with Crippen molar-refractivity contribution in [1.29, 1.82) is 0 Å². The van der Waals surface area contributed by atoms with Gasteiger partial charge in [-0.2, -0.15) is 5.10 Å². The van der Waals surface area contributed by atoms with Crippen LogP contribution in [-0.2, 0) is 4.74 Å². The zero-order chi connectivity index (χ0) is 18.1. The number of aromatic carboxylic acids is 1. The molecule has 0 aliphatic heterocycles. The van der Waals surface area contributed by atoms with E-state index >= 15 is 0 Å². The number of aliphatic hydroxyl groups is 1. The highest BCUT2D eigenvalue weighted by atomic mass is 16.5. The van der Waals surface area contributed by atoms with Gasteiger partial charge in [0.25, 0.3) is 0 Å². The molecule has 2 heterocycles. The zero-order valence-electron chi connectivity index (χ0n) is 14.1. The van der Waals surface area contributed by atoms with Gasteiger partial charge in [0, 0.05) is 17.1 Å². The van der Waals surface area contributed by atoms with Gasteiger partial charge in [0.1, 0.15) is 6.10 Å². The summed E-state index contributed by atoms with van der Waals surface area (Å²) in [5, 5.41) is 24.4. The van der Waals surface area contributed by atoms with Crippen LogP contribution in [0.3, 0.4) is 0 Å². The molecule has 0 saturated heterocycles. The van der Waals surface area contributed by atoms with Crippen molar-refractivity contribution in [1.82, 2.24) is 14.8 Å². The summed E-state index contributed by atoms with van der Waals surface area (Å²) in [5.74, 6) is -0.970. The molecule has 2 N–H and O–H groups in total. The number of nitrogens with zero attached hydrogens (tertiary/aromatic N) is 3. The highest BCUT2D eigenvalue weighted by molar-refractivity contribution is 5.87. The molecule has 0 amide bonds. The molecular weight excluding hydrogens is 334 g/mol. The second-order valence-corrected chi connectivity index (χ2v) is 6.49. The smallest absolute Gasteiger partial charge is 0.335 e. The molecule has 7 nitrogen and oxygen atoms in total. The van der Waals surface area contributed by atoms with Crippen molar-refractivity contribution in [2.75, 3.05) is 6.61 Å². The second kappa shape index (κ2) is 6.86. The van der Waals surface area contributed by atoms with E-state index in [1.165, 1.54) is 18.6 Å². The fourth-order valence-electron chi connectivity index (χ4n) is 2.92. The van der Waals surface area contributed by atoms with Crippen LogP contribution >= 0.6 is 0 Å². The summed E-state index contributed by atoms with van der Waals surface area (Å²) >= 11 is 0. The average Bonchev–Trinajstić information content (AvgIpc) is 3.03. The van der Waals surface area contributed by atoms with Crippen LogP contribution in [0.5, 0.6) is 0 Å². The molecular formula is C19H19N3O4. The minimum Gasteiger partial charge on any atom is -0.478 e. The summed E-state index contributed by atoms with van der Waals surface area (Å²) in [6.07, 6.45) is 6.19. The molecule has 0 unspecified atom stereocenters. The topological polar surface area (TPSA) is 97.5 Å². The molecule has 4 rings (SSSR count). The third-order valence-electron chi connectivity index (χ3n) is 4.71. The predicted octanol–water partition coefficient (Wildman–Crippen LogP) is 2.72. The maximum absolute atomic E-state index is 11.0. The van der Waals surface area contributed by atoms with Crippen LogP contribution in [0.15, 0.2) is 42.7 Å². The Morgan fingerprint density at radius 1 is 1.27 bits per heavy atom. The van der Waals surface area contributed by atoms with Crippen LogP contribution in [0.2, 0.25) is 0 Å². The molecule has 0 radical (unpaired) electrons. The first-order valence-electron chi connectivity index (χ1n) is 8.59. The number of ether oxygens (including phenoxy) is 1. The Labute approximate surface area is 149 Å². The minimum atomic E-state index is -0.970. The summed E-state index contributed by atoms with van der Waals surface area (Å²) in [5.41, 5.74) is 2.27. The summed E-state index contributed by atoms with van der Waals surface area (Å²) in [6.45, 7) is 0.267. The number of rotatable bonds is 6. The SMILES string of the molecule is O=C(O)c1ccc(-n2ncc3cc([C@@H](O)COC4CCC4)cnc32)cc1. The zero-order valence-corrected chi connectivity index (χ0v) is 14.1. The van der Waals surface area contributed by atoms with Crippen molar-refractivity contribution in [2.24, 2.45) is 0 Å². The average molecular weight is 353 g/mol. The number of pyridine rings is 1. The number of carboxylic acids is 1. The molecule has 0 spiro atoms. The second-order valence-electron chi connectivity index (χ2n) is 6.49. The maximum atomic E-state index is 11.0. The first-order valence-corrected chi connectivity index (χ1v) is 8.59. The van der Waals surface area contributed by atoms with Gasteiger partial charge in [-0.1, -0.05) is 0 Å². The van der Waals surface area contributed by atoms with Gasteiger partial charge in [0.15, 0.2) is 5.65 Å². The number of carbonyl (C=O) groups is 1. The Bertz CT molecular complexity index is 932. The summed E-state index contributed by atoms with van der Waals surface area (Å²) in [7, 11) is 0. The first-order chi connectivity index (χ1) is 12.6. The first kappa shape index (κ1) is 16.7. The predicted molar refractivity (Wildman–Crippen MR) is 94.4 cm³/mol. The van der Waals surface area contributed by atoms with Crippen molar-refractivity contribution in [3.63, 3.8) is 0 Å². The largest absolute Gasteiger partial charge is 0.478 e. The number of aliphatic hydroxyl groups excluding tert-OH is 1. The van der Waals surface area contributed by atoms with Gasteiger partial charge in [0.05, 0.1) is 30.2 Å². The molecule has 1 atom stereocenters. The van der Waals surface area contributed by atoms with E-state index in [4.69, 9.17) is 9.84 Å². The Morgan fingerprint density at radius 3 is 2.69 bits per heavy atom. The van der Waals surface area contributed by atoms with Crippen molar-refractivity contribution >= 4 is 17.0 Å². The van der Waals surface area contributed by atoms with Gasteiger partial charge in [-0.3, -0.25) is 0 Å². The molecule has 1 fully saturated rings. The van der Waals surface area contributed by atoms with E-state index in [2.05, 4.69) is 10.1 Å². The van der Waals surface area contributed by atoms with Gasteiger partial charge in [-0.25, -0.2) is 14.5 Å². The molecule has 1 aliphatic carbocycles. The molecule has 134 valence electrons. The molecule has 1 aliphatic rings. The third-order valence-corrected chi connectivity index (χ3v) is 4.71. The van der Waals surface area contributed by atoms with Crippen LogP contribution < -0.4 is 0 Å². The normalized spacial score (nSPS) is 15.7. The Kier molecular flexibility index (Phi) is 4.40. The molecule has 2 aromatic heterocycles. The standard InChI is InChI=1S/C19H19N3O4/c23-17(11-26-16-2-1-3-16)13-8-14-10-21-22(18(14)20-9-13)15-6-4-12(5-7-15)19(24)25/h4-10,16-17,23H,1-3,11H2,(H,24,25)/t17-/m0/s1. The number of carboxylic acid groups (broad SMARTS) is 1. The van der Waals surface area contributed by atoms with E-state index < -0.39 is 12.1 Å². The molecule has 7 heteroatoms. The summed E-state index contributed by atoms with van der Waals surface area (Å²) in [6, 6.07) is 8.29. The highest BCUT2D eigenvalue weighted by Crippen LogP contribution is 2.25. The lowest BCUT2D eigenvalue weighted by atomic mass is 9.96. The van der Waals surface area contributed by atoms with Crippen molar-refractivity contribution in [2.45, 2.75) is 31.5 Å². The summed E-state index contributed by atoms with van der Waals surface area (Å²) < 4.78 is 7.31. The van der Waals surface area contributed by atoms with Gasteiger partial charge >= 0.3 is 5.97 Å². The number of hydrogen-bond acceptors (Lipinski definition) is 5. The van der Waals surface area contributed by atoms with E-state index in [9.17, 15) is 9.90 Å². The Hall–Kier alpha value is -2.77. The van der Waals surface area contributed by atoms with E-state index in [0.29, 0.717) is 11.2 Å². The highest BCUT2D eigenvalue weighted by Gasteiger charge is 2.20. The van der Waals surface area contributed by atoms with Gasteiger partial charge in [-0.05, 0) is 49.6 Å². The number of benzene rings is 1. The van der Waals surface area contributed by atoms with Crippen molar-refractivity contribution in [3.8, 4) is 5.69 Å². The quantitative estimate of drug-likeness (QED) is 0.707. The van der Waals surface area contributed by atoms with Gasteiger partial charge in [0.2, 0.25) is 0 Å². The molecule has 3 aromatic rings. The monoisotopic (exact) mass is 353 g/mol. The van der Waals surface area contributed by atoms with Crippen LogP contribution in [-0.4, -0.2) is 43.7 Å². The number of aromatic nitrogens is 3. The van der Waals surface area contributed by atoms with E-state index in [1.54, 1.807) is 29.2 Å². The van der Waals surface area contributed by atoms with Crippen LogP contribution in [0.4, 0.5) is 0 Å². The Balaban J connectivity index is 1.55. The fourth-order valence-corrected chi connectivity index (χ4v) is 2.92. The fraction of sp³-hybridized carbons (Fsp3) is 0.316. The molecule has 1 aromatic carbocycles. The van der Waals surface area contributed by atoms with E-state index in [0.717, 1.165) is 23.9 Å². The molecule has 26 heavy (non-hydrogen) atoms. The Morgan fingerprint density at radius 2 is 2.04 bits per heavy atom. The lowest BCUT2D eigenvalue weighted by Crippen LogP contribution is -2.24. The lowest BCUT2D eigenvalue weighted by Gasteiger charge is -2.26. The van der Waals surface area contributed by atoms with Gasteiger partial charge in [-0.15, -0.1) is 0 Å². The van der Waals surface area contributed by atoms with Crippen LogP contribution in [0.25, 0.3) is 16.7 Å². The summed E-state index contributed by atoms with van der Waals surface area (Å²) in [4.78, 5) is 15.4. The third kappa shape index (κ3) is 3.18. The van der Waals surface area contributed by atoms with Gasteiger partial charge < -0.3 is 14.9 Å². The maximum Gasteiger partial charge on any atom is 0.335 e. The van der Waals surface area contributed by atoms with E-state index in [1.807, 2.05) is 6.07 Å².